The maximum atomic E-state index is 5.79. The van der Waals surface area contributed by atoms with Crippen LogP contribution in [0.1, 0.15) is 22.4 Å². The number of rotatable bonds is 7. The van der Waals surface area contributed by atoms with Crippen molar-refractivity contribution in [3.05, 3.63) is 71.3 Å². The molecule has 1 aliphatic heterocycles. The van der Waals surface area contributed by atoms with Crippen molar-refractivity contribution in [1.82, 2.24) is 24.5 Å². The molecular formula is C26H28N6O3. The number of methoxy groups -OCH3 is 2. The molecule has 0 spiro atoms. The first-order chi connectivity index (χ1) is 17.2. The largest absolute Gasteiger partial charge is 0.497 e. The molecule has 4 heterocycles. The molecule has 0 saturated carbocycles. The molecule has 0 atom stereocenters. The SMILES string of the molecule is C/N=C\c1cc(-n2nc(-c3cnn(Cc4ccc(OC)cc4)c3)c3c2CCOCC3)cnc1OC. The molecule has 0 aliphatic carbocycles. The molecule has 0 amide bonds. The van der Waals surface area contributed by atoms with E-state index < -0.39 is 0 Å². The van der Waals surface area contributed by atoms with E-state index in [-0.39, 0.29) is 0 Å². The van der Waals surface area contributed by atoms with Crippen molar-refractivity contribution in [3.63, 3.8) is 0 Å². The van der Waals surface area contributed by atoms with E-state index in [1.807, 2.05) is 52.1 Å². The van der Waals surface area contributed by atoms with Crippen molar-refractivity contribution < 1.29 is 14.2 Å². The Bertz CT molecular complexity index is 1340. The van der Waals surface area contributed by atoms with Gasteiger partial charge in [-0.15, -0.1) is 0 Å². The standard InChI is InChI=1S/C26H28N6O3/c1-27-13-19-12-21(15-28-26(19)34-3)32-24-9-11-35-10-8-23(24)25(30-32)20-14-29-31(17-20)16-18-4-6-22(33-2)7-5-18/h4-7,12-15,17H,8-11,16H2,1-3H3/b27-13-. The second-order valence-corrected chi connectivity index (χ2v) is 8.25. The van der Waals surface area contributed by atoms with E-state index in [2.05, 4.69) is 15.1 Å². The van der Waals surface area contributed by atoms with Crippen molar-refractivity contribution in [2.75, 3.05) is 34.5 Å². The predicted octanol–water partition coefficient (Wildman–Crippen LogP) is 3.36. The third-order valence-electron chi connectivity index (χ3n) is 6.05. The topological polar surface area (TPSA) is 88.6 Å². The van der Waals surface area contributed by atoms with E-state index in [4.69, 9.17) is 19.3 Å². The number of aromatic nitrogens is 5. The lowest BCUT2D eigenvalue weighted by atomic mass is 10.1. The molecule has 0 fully saturated rings. The van der Waals surface area contributed by atoms with Gasteiger partial charge in [-0.25, -0.2) is 9.67 Å². The fourth-order valence-electron chi connectivity index (χ4n) is 4.36. The number of ether oxygens (including phenoxy) is 3. The first-order valence-corrected chi connectivity index (χ1v) is 11.5. The molecular weight excluding hydrogens is 444 g/mol. The number of nitrogens with zero attached hydrogens (tertiary/aromatic N) is 6. The highest BCUT2D eigenvalue weighted by atomic mass is 16.5. The van der Waals surface area contributed by atoms with Gasteiger partial charge in [0.25, 0.3) is 0 Å². The van der Waals surface area contributed by atoms with E-state index in [0.717, 1.165) is 52.4 Å². The van der Waals surface area contributed by atoms with Crippen molar-refractivity contribution >= 4 is 6.21 Å². The molecule has 5 rings (SSSR count). The summed E-state index contributed by atoms with van der Waals surface area (Å²) in [7, 11) is 5.00. The molecule has 0 saturated heterocycles. The van der Waals surface area contributed by atoms with Gasteiger partial charge in [0.1, 0.15) is 5.75 Å². The van der Waals surface area contributed by atoms with Gasteiger partial charge in [-0.1, -0.05) is 12.1 Å². The Morgan fingerprint density at radius 3 is 2.69 bits per heavy atom. The summed E-state index contributed by atoms with van der Waals surface area (Å²) in [4.78, 5) is 8.62. The Morgan fingerprint density at radius 1 is 1.09 bits per heavy atom. The number of pyridine rings is 1. The first-order valence-electron chi connectivity index (χ1n) is 11.5. The zero-order chi connectivity index (χ0) is 24.2. The normalized spacial score (nSPS) is 13.6. The zero-order valence-corrected chi connectivity index (χ0v) is 20.1. The van der Waals surface area contributed by atoms with Crippen LogP contribution >= 0.6 is 0 Å². The van der Waals surface area contributed by atoms with Gasteiger partial charge in [-0.05, 0) is 30.2 Å². The molecule has 1 aromatic carbocycles. The third kappa shape index (κ3) is 4.67. The number of hydrogen-bond acceptors (Lipinski definition) is 7. The molecule has 0 radical (unpaired) electrons. The van der Waals surface area contributed by atoms with Crippen LogP contribution in [0, 0.1) is 0 Å². The minimum atomic E-state index is 0.529. The first kappa shape index (κ1) is 22.8. The highest BCUT2D eigenvalue weighted by Gasteiger charge is 2.23. The quantitative estimate of drug-likeness (QED) is 0.383. The van der Waals surface area contributed by atoms with E-state index in [0.29, 0.717) is 25.6 Å². The van der Waals surface area contributed by atoms with Gasteiger partial charge in [0.05, 0.1) is 69.0 Å². The maximum Gasteiger partial charge on any atom is 0.222 e. The van der Waals surface area contributed by atoms with Crippen LogP contribution < -0.4 is 9.47 Å². The monoisotopic (exact) mass is 472 g/mol. The third-order valence-corrected chi connectivity index (χ3v) is 6.05. The predicted molar refractivity (Wildman–Crippen MR) is 133 cm³/mol. The van der Waals surface area contributed by atoms with E-state index in [1.165, 1.54) is 5.56 Å². The zero-order valence-electron chi connectivity index (χ0n) is 20.1. The average Bonchev–Trinajstić information content (AvgIpc) is 3.41. The highest BCUT2D eigenvalue weighted by molar-refractivity contribution is 5.83. The smallest absolute Gasteiger partial charge is 0.222 e. The molecule has 9 nitrogen and oxygen atoms in total. The Balaban J connectivity index is 1.52. The maximum absolute atomic E-state index is 5.79. The van der Waals surface area contributed by atoms with Crippen LogP contribution in [0.2, 0.25) is 0 Å². The van der Waals surface area contributed by atoms with Gasteiger partial charge in [-0.2, -0.15) is 10.2 Å². The summed E-state index contributed by atoms with van der Waals surface area (Å²) < 4.78 is 20.3. The molecule has 3 aromatic heterocycles. The van der Waals surface area contributed by atoms with Crippen molar-refractivity contribution in [2.24, 2.45) is 4.99 Å². The van der Waals surface area contributed by atoms with E-state index in [1.54, 1.807) is 33.7 Å². The van der Waals surface area contributed by atoms with Gasteiger partial charge in [0.2, 0.25) is 5.88 Å². The van der Waals surface area contributed by atoms with Crippen LogP contribution in [0.25, 0.3) is 16.9 Å². The Kier molecular flexibility index (Phi) is 6.58. The number of aliphatic imine (C=N–C) groups is 1. The van der Waals surface area contributed by atoms with Gasteiger partial charge in [0, 0.05) is 37.0 Å². The van der Waals surface area contributed by atoms with Gasteiger partial charge in [-0.3, -0.25) is 9.67 Å². The van der Waals surface area contributed by atoms with Crippen LogP contribution in [-0.2, 0) is 24.1 Å². The number of hydrogen-bond donors (Lipinski definition) is 0. The van der Waals surface area contributed by atoms with Crippen molar-refractivity contribution in [1.29, 1.82) is 0 Å². The van der Waals surface area contributed by atoms with Crippen LogP contribution in [-0.4, -0.2) is 65.2 Å². The summed E-state index contributed by atoms with van der Waals surface area (Å²) in [5.74, 6) is 1.37. The summed E-state index contributed by atoms with van der Waals surface area (Å²) in [6.07, 6.45) is 9.01. The minimum Gasteiger partial charge on any atom is -0.497 e. The van der Waals surface area contributed by atoms with Crippen LogP contribution in [0.5, 0.6) is 11.6 Å². The molecule has 4 aromatic rings. The minimum absolute atomic E-state index is 0.529. The second kappa shape index (κ2) is 10.1. The van der Waals surface area contributed by atoms with Crippen LogP contribution in [0.15, 0.2) is 53.9 Å². The van der Waals surface area contributed by atoms with E-state index in [9.17, 15) is 0 Å². The summed E-state index contributed by atoms with van der Waals surface area (Å²) in [5, 5.41) is 9.64. The molecule has 1 aliphatic rings. The highest BCUT2D eigenvalue weighted by Crippen LogP contribution is 2.30. The molecule has 35 heavy (non-hydrogen) atoms. The molecule has 0 unspecified atom stereocenters. The second-order valence-electron chi connectivity index (χ2n) is 8.25. The molecule has 0 N–H and O–H groups in total. The lowest BCUT2D eigenvalue weighted by molar-refractivity contribution is 0.145. The van der Waals surface area contributed by atoms with Gasteiger partial charge >= 0.3 is 0 Å². The Hall–Kier alpha value is -3.98. The number of fused-ring (bicyclic) bond motifs is 1. The molecule has 0 bridgehead atoms. The fourth-order valence-corrected chi connectivity index (χ4v) is 4.36. The summed E-state index contributed by atoms with van der Waals surface area (Å²) in [5.41, 5.74) is 7.03. The van der Waals surface area contributed by atoms with Crippen LogP contribution in [0.4, 0.5) is 0 Å². The van der Waals surface area contributed by atoms with Gasteiger partial charge < -0.3 is 14.2 Å². The summed E-state index contributed by atoms with van der Waals surface area (Å²) >= 11 is 0. The molecule has 180 valence electrons. The average molecular weight is 473 g/mol. The summed E-state index contributed by atoms with van der Waals surface area (Å²) in [6, 6.07) is 10.0. The lowest BCUT2D eigenvalue weighted by Gasteiger charge is -2.09. The lowest BCUT2D eigenvalue weighted by Crippen LogP contribution is -2.07. The Morgan fingerprint density at radius 2 is 1.91 bits per heavy atom. The van der Waals surface area contributed by atoms with Crippen molar-refractivity contribution in [3.8, 4) is 28.6 Å². The molecule has 9 heteroatoms. The summed E-state index contributed by atoms with van der Waals surface area (Å²) in [6.45, 7) is 1.99. The van der Waals surface area contributed by atoms with Gasteiger partial charge in [0.15, 0.2) is 0 Å². The van der Waals surface area contributed by atoms with E-state index >= 15 is 0 Å². The Labute approximate surface area is 204 Å². The fraction of sp³-hybridized carbons (Fsp3) is 0.308. The van der Waals surface area contributed by atoms with Crippen LogP contribution in [0.3, 0.4) is 0 Å². The number of benzene rings is 1. The van der Waals surface area contributed by atoms with Crippen molar-refractivity contribution in [2.45, 2.75) is 19.4 Å².